The summed E-state index contributed by atoms with van der Waals surface area (Å²) >= 11 is 1.88. The van der Waals surface area contributed by atoms with E-state index in [9.17, 15) is 0 Å². The smallest absolute Gasteiger partial charge is 0.246 e. The fourth-order valence-electron chi connectivity index (χ4n) is 6.73. The maximum Gasteiger partial charge on any atom is 0.246 e. The maximum atomic E-state index is 6.18. The fourth-order valence-corrected chi connectivity index (χ4v) is 7.99. The van der Waals surface area contributed by atoms with E-state index < -0.39 is 0 Å². The molecule has 0 atom stereocenters. The van der Waals surface area contributed by atoms with Gasteiger partial charge in [0, 0.05) is 42.2 Å². The first-order valence-electron chi connectivity index (χ1n) is 14.3. The first-order chi connectivity index (χ1) is 21.3. The Kier molecular flexibility index (Phi) is 4.57. The maximum absolute atomic E-state index is 6.18. The third-order valence-corrected chi connectivity index (χ3v) is 9.88. The molecule has 200 valence electrons. The summed E-state index contributed by atoms with van der Waals surface area (Å²) in [5.74, 6) is 0. The summed E-state index contributed by atoms with van der Waals surface area (Å²) in [6.45, 7) is 0. The predicted octanol–water partition coefficient (Wildman–Crippen LogP) is 10.7. The number of nitrogens with zero attached hydrogens (tertiary/aromatic N) is 3. The van der Waals surface area contributed by atoms with Gasteiger partial charge < -0.3 is 8.98 Å². The fraction of sp³-hybridized carbons (Fsp3) is 0. The molecule has 10 aromatic rings. The number of thiophene rings is 1. The highest BCUT2D eigenvalue weighted by molar-refractivity contribution is 7.26. The van der Waals surface area contributed by atoms with Crippen molar-refractivity contribution in [3.05, 3.63) is 128 Å². The van der Waals surface area contributed by atoms with E-state index in [4.69, 9.17) is 14.4 Å². The highest BCUT2D eigenvalue weighted by Crippen LogP contribution is 2.43. The number of para-hydroxylation sites is 1. The van der Waals surface area contributed by atoms with Crippen LogP contribution in [0.3, 0.4) is 0 Å². The van der Waals surface area contributed by atoms with Crippen LogP contribution >= 0.6 is 11.3 Å². The minimum atomic E-state index is 0.558. The molecule has 5 heteroatoms. The lowest BCUT2D eigenvalue weighted by Crippen LogP contribution is -1.94. The van der Waals surface area contributed by atoms with Crippen molar-refractivity contribution >= 4 is 86.3 Å². The lowest BCUT2D eigenvalue weighted by Gasteiger charge is -2.09. The number of aromatic nitrogens is 3. The Morgan fingerprint density at radius 3 is 2.30 bits per heavy atom. The van der Waals surface area contributed by atoms with Crippen LogP contribution in [0.15, 0.2) is 132 Å². The molecule has 0 saturated heterocycles. The lowest BCUT2D eigenvalue weighted by atomic mass is 10.1. The number of furan rings is 1. The van der Waals surface area contributed by atoms with Crippen molar-refractivity contribution in [1.29, 1.82) is 0 Å². The van der Waals surface area contributed by atoms with Crippen molar-refractivity contribution in [2.45, 2.75) is 0 Å². The summed E-state index contributed by atoms with van der Waals surface area (Å²) in [6, 6.07) is 43.0. The van der Waals surface area contributed by atoms with E-state index in [2.05, 4.69) is 108 Å². The van der Waals surface area contributed by atoms with E-state index in [1.54, 1.807) is 0 Å². The summed E-state index contributed by atoms with van der Waals surface area (Å²) in [7, 11) is 0. The van der Waals surface area contributed by atoms with Crippen molar-refractivity contribution in [2.75, 3.05) is 0 Å². The SMILES string of the molecule is c1ccc2c(c1)ccc1oc3nc(-c4ccc(-n5c6ccccc6c6c7sc8ccccc8c7ccc65)cc4)cnc3c12. The van der Waals surface area contributed by atoms with Gasteiger partial charge in [-0.2, -0.15) is 0 Å². The van der Waals surface area contributed by atoms with Crippen molar-refractivity contribution in [3.8, 4) is 16.9 Å². The molecule has 0 aliphatic carbocycles. The molecular weight excluding hydrogens is 547 g/mol. The van der Waals surface area contributed by atoms with Gasteiger partial charge in [-0.3, -0.25) is 0 Å². The van der Waals surface area contributed by atoms with Crippen molar-refractivity contribution < 1.29 is 4.42 Å². The van der Waals surface area contributed by atoms with Crippen LogP contribution in [0.2, 0.25) is 0 Å². The summed E-state index contributed by atoms with van der Waals surface area (Å²) in [5, 5.41) is 8.53. The Hall–Kier alpha value is -5.52. The van der Waals surface area contributed by atoms with Crippen LogP contribution in [0, 0.1) is 0 Å². The molecule has 0 aliphatic heterocycles. The number of hydrogen-bond donors (Lipinski definition) is 0. The molecule has 0 N–H and O–H groups in total. The molecule has 0 saturated carbocycles. The van der Waals surface area contributed by atoms with Crippen LogP contribution in [-0.4, -0.2) is 14.5 Å². The number of hydrogen-bond acceptors (Lipinski definition) is 4. The molecule has 0 radical (unpaired) electrons. The van der Waals surface area contributed by atoms with Crippen LogP contribution in [0.5, 0.6) is 0 Å². The van der Waals surface area contributed by atoms with Gasteiger partial charge in [0.2, 0.25) is 5.71 Å². The summed E-state index contributed by atoms with van der Waals surface area (Å²) in [4.78, 5) is 9.74. The first kappa shape index (κ1) is 23.1. The zero-order valence-corrected chi connectivity index (χ0v) is 23.6. The van der Waals surface area contributed by atoms with Gasteiger partial charge in [0.25, 0.3) is 0 Å². The van der Waals surface area contributed by atoms with E-state index in [0.717, 1.165) is 44.2 Å². The molecule has 0 spiro atoms. The Labute approximate surface area is 249 Å². The lowest BCUT2D eigenvalue weighted by molar-refractivity contribution is 0.654. The van der Waals surface area contributed by atoms with E-state index in [1.165, 1.54) is 42.0 Å². The molecule has 0 amide bonds. The largest absolute Gasteiger partial charge is 0.436 e. The van der Waals surface area contributed by atoms with Crippen molar-refractivity contribution in [1.82, 2.24) is 14.5 Å². The number of fused-ring (bicyclic) bond motifs is 12. The van der Waals surface area contributed by atoms with Crippen LogP contribution in [0.25, 0.3) is 91.9 Å². The second kappa shape index (κ2) is 8.51. The molecule has 4 aromatic heterocycles. The zero-order valence-electron chi connectivity index (χ0n) is 22.8. The van der Waals surface area contributed by atoms with Gasteiger partial charge >= 0.3 is 0 Å². The highest BCUT2D eigenvalue weighted by Gasteiger charge is 2.18. The third kappa shape index (κ3) is 3.20. The molecular formula is C38H21N3OS. The van der Waals surface area contributed by atoms with Gasteiger partial charge in [0.15, 0.2) is 0 Å². The highest BCUT2D eigenvalue weighted by atomic mass is 32.1. The van der Waals surface area contributed by atoms with Crippen molar-refractivity contribution in [2.24, 2.45) is 0 Å². The van der Waals surface area contributed by atoms with E-state index >= 15 is 0 Å². The van der Waals surface area contributed by atoms with Crippen LogP contribution in [0.1, 0.15) is 0 Å². The minimum absolute atomic E-state index is 0.558. The zero-order chi connectivity index (χ0) is 28.1. The number of benzene rings is 6. The van der Waals surface area contributed by atoms with Crippen LogP contribution < -0.4 is 0 Å². The quantitative estimate of drug-likeness (QED) is 0.209. The van der Waals surface area contributed by atoms with Crippen LogP contribution in [-0.2, 0) is 0 Å². The Morgan fingerprint density at radius 1 is 0.605 bits per heavy atom. The molecule has 4 heterocycles. The van der Waals surface area contributed by atoms with Crippen molar-refractivity contribution in [3.63, 3.8) is 0 Å². The second-order valence-corrected chi connectivity index (χ2v) is 12.1. The second-order valence-electron chi connectivity index (χ2n) is 11.0. The van der Waals surface area contributed by atoms with E-state index in [1.807, 2.05) is 35.7 Å². The van der Waals surface area contributed by atoms with Gasteiger partial charge in [-0.1, -0.05) is 84.9 Å². The third-order valence-electron chi connectivity index (χ3n) is 8.68. The normalized spacial score (nSPS) is 12.2. The average Bonchev–Trinajstić information content (AvgIpc) is 3.74. The number of rotatable bonds is 2. The monoisotopic (exact) mass is 567 g/mol. The Morgan fingerprint density at radius 2 is 1.40 bits per heavy atom. The van der Waals surface area contributed by atoms with E-state index in [-0.39, 0.29) is 0 Å². The molecule has 0 unspecified atom stereocenters. The Balaban J connectivity index is 1.13. The topological polar surface area (TPSA) is 43.9 Å². The van der Waals surface area contributed by atoms with Crippen LogP contribution in [0.4, 0.5) is 0 Å². The van der Waals surface area contributed by atoms with Gasteiger partial charge in [0.05, 0.1) is 28.3 Å². The minimum Gasteiger partial charge on any atom is -0.436 e. The summed E-state index contributed by atoms with van der Waals surface area (Å²) in [5.41, 5.74) is 7.47. The average molecular weight is 568 g/mol. The predicted molar refractivity (Wildman–Crippen MR) is 179 cm³/mol. The van der Waals surface area contributed by atoms with Gasteiger partial charge in [0.1, 0.15) is 11.1 Å². The molecule has 10 rings (SSSR count). The molecule has 4 nitrogen and oxygen atoms in total. The standard InChI is InChI=1S/C38H21N3OS/c1-2-8-25-22(7-1)15-20-32-35(25)36-38(42-32)40-29(21-39-36)23-13-16-24(17-14-23)41-30-11-5-3-10-28(30)34-31(41)19-18-27-26-9-4-6-12-33(26)43-37(27)34/h1-21H. The van der Waals surface area contributed by atoms with E-state index in [0.29, 0.717) is 5.71 Å². The van der Waals surface area contributed by atoms with Gasteiger partial charge in [-0.25, -0.2) is 9.97 Å². The molecule has 43 heavy (non-hydrogen) atoms. The molecule has 0 aliphatic rings. The molecule has 6 aromatic carbocycles. The first-order valence-corrected chi connectivity index (χ1v) is 15.1. The summed E-state index contributed by atoms with van der Waals surface area (Å²) < 4.78 is 11.2. The van der Waals surface area contributed by atoms with Gasteiger partial charge in [-0.15, -0.1) is 11.3 Å². The molecule has 0 bridgehead atoms. The summed E-state index contributed by atoms with van der Waals surface area (Å²) in [6.07, 6.45) is 1.85. The molecule has 0 fully saturated rings. The Bertz CT molecular complexity index is 2730. The van der Waals surface area contributed by atoms with Gasteiger partial charge in [-0.05, 0) is 47.2 Å².